The van der Waals surface area contributed by atoms with Crippen molar-refractivity contribution in [3.8, 4) is 0 Å². The molecule has 3 atom stereocenters. The summed E-state index contributed by atoms with van der Waals surface area (Å²) in [6.45, 7) is 12.3. The molecule has 0 saturated carbocycles. The molecule has 166 valence electrons. The Hall–Kier alpha value is -1.89. The number of nitrogens with one attached hydrogen (secondary N) is 1. The maximum Gasteiger partial charge on any atom is 0.333 e. The van der Waals surface area contributed by atoms with E-state index in [1.54, 1.807) is 31.9 Å². The highest BCUT2D eigenvalue weighted by Crippen LogP contribution is 2.23. The molecule has 0 bridgehead atoms. The summed E-state index contributed by atoms with van der Waals surface area (Å²) in [5, 5.41) is 3.00. The van der Waals surface area contributed by atoms with Gasteiger partial charge in [0.25, 0.3) is 0 Å². The fourth-order valence-corrected chi connectivity index (χ4v) is 3.48. The van der Waals surface area contributed by atoms with Gasteiger partial charge in [0.2, 0.25) is 11.8 Å². The maximum absolute atomic E-state index is 13.3. The zero-order valence-corrected chi connectivity index (χ0v) is 19.4. The molecule has 1 heterocycles. The molecule has 1 aliphatic rings. The standard InChI is InChI=1S/C22H39N3O4/c1-9-29-21(28)15(2)14-16(3)25(8)20(27)18(22(4,5)6)23-19(26)17-12-10-11-13-24(17)7/h14,16-18H,9-13H2,1-8H3,(H,23,26)/t16-,17?,18+/m0/s1. The second-order valence-electron chi connectivity index (χ2n) is 9.06. The molecule has 0 aromatic heterocycles. The van der Waals surface area contributed by atoms with E-state index >= 15 is 0 Å². The lowest BCUT2D eigenvalue weighted by Gasteiger charge is -2.38. The number of hydrogen-bond donors (Lipinski definition) is 1. The minimum atomic E-state index is -0.658. The largest absolute Gasteiger partial charge is 0.463 e. The van der Waals surface area contributed by atoms with Gasteiger partial charge >= 0.3 is 5.97 Å². The fourth-order valence-electron chi connectivity index (χ4n) is 3.48. The summed E-state index contributed by atoms with van der Waals surface area (Å²) in [4.78, 5) is 41.7. The van der Waals surface area contributed by atoms with E-state index in [1.165, 1.54) is 0 Å². The quantitative estimate of drug-likeness (QED) is 0.516. The van der Waals surface area contributed by atoms with Crippen molar-refractivity contribution >= 4 is 17.8 Å². The summed E-state index contributed by atoms with van der Waals surface area (Å²) >= 11 is 0. The lowest BCUT2D eigenvalue weighted by Crippen LogP contribution is -2.59. The topological polar surface area (TPSA) is 79.0 Å². The fraction of sp³-hybridized carbons (Fsp3) is 0.773. The number of amides is 2. The van der Waals surface area contributed by atoms with Gasteiger partial charge in [-0.1, -0.05) is 33.3 Å². The average Bonchev–Trinajstić information content (AvgIpc) is 2.64. The van der Waals surface area contributed by atoms with Gasteiger partial charge in [-0.05, 0) is 52.6 Å². The monoisotopic (exact) mass is 409 g/mol. The summed E-state index contributed by atoms with van der Waals surface area (Å²) in [6.07, 6.45) is 4.63. The van der Waals surface area contributed by atoms with Gasteiger partial charge in [0.05, 0.1) is 12.6 Å². The number of ether oxygens (including phenoxy) is 1. The SMILES string of the molecule is CCOC(=O)C(C)=C[C@H](C)N(C)C(=O)[C@@H](NC(=O)C1CCCCN1C)C(C)(C)C. The number of likely N-dealkylation sites (tertiary alicyclic amines) is 1. The lowest BCUT2D eigenvalue weighted by atomic mass is 9.85. The maximum atomic E-state index is 13.3. The molecular weight excluding hydrogens is 370 g/mol. The van der Waals surface area contributed by atoms with Gasteiger partial charge in [0.1, 0.15) is 6.04 Å². The van der Waals surface area contributed by atoms with E-state index in [2.05, 4.69) is 10.2 Å². The van der Waals surface area contributed by atoms with Crippen molar-refractivity contribution in [2.24, 2.45) is 5.41 Å². The number of esters is 1. The van der Waals surface area contributed by atoms with E-state index in [-0.39, 0.29) is 29.9 Å². The Labute approximate surface area is 175 Å². The first kappa shape index (κ1) is 25.1. The zero-order valence-electron chi connectivity index (χ0n) is 19.4. The minimum Gasteiger partial charge on any atom is -0.463 e. The van der Waals surface area contributed by atoms with Crippen LogP contribution in [0.25, 0.3) is 0 Å². The number of piperidine rings is 1. The van der Waals surface area contributed by atoms with Crippen molar-refractivity contribution in [1.29, 1.82) is 0 Å². The molecule has 7 heteroatoms. The molecule has 2 amide bonds. The number of carbonyl (C=O) groups excluding carboxylic acids is 3. The summed E-state index contributed by atoms with van der Waals surface area (Å²) in [7, 11) is 3.65. The predicted octanol–water partition coefficient (Wildman–Crippen LogP) is 2.36. The number of hydrogen-bond acceptors (Lipinski definition) is 5. The van der Waals surface area contributed by atoms with Crippen LogP contribution in [0.15, 0.2) is 11.6 Å². The van der Waals surface area contributed by atoms with Crippen LogP contribution in [0.4, 0.5) is 0 Å². The van der Waals surface area contributed by atoms with E-state index in [9.17, 15) is 14.4 Å². The minimum absolute atomic E-state index is 0.0974. The van der Waals surface area contributed by atoms with Crippen LogP contribution in [0, 0.1) is 5.41 Å². The predicted molar refractivity (Wildman–Crippen MR) is 114 cm³/mol. The Bertz CT molecular complexity index is 624. The molecular formula is C22H39N3O4. The van der Waals surface area contributed by atoms with Crippen molar-refractivity contribution in [2.75, 3.05) is 27.2 Å². The van der Waals surface area contributed by atoms with Crippen molar-refractivity contribution in [1.82, 2.24) is 15.1 Å². The van der Waals surface area contributed by atoms with Crippen molar-refractivity contribution in [3.63, 3.8) is 0 Å². The number of likely N-dealkylation sites (N-methyl/N-ethyl adjacent to an activating group) is 2. The molecule has 0 radical (unpaired) electrons. The van der Waals surface area contributed by atoms with Crippen molar-refractivity contribution in [3.05, 3.63) is 11.6 Å². The molecule has 1 fully saturated rings. The highest BCUT2D eigenvalue weighted by molar-refractivity contribution is 5.91. The first-order valence-corrected chi connectivity index (χ1v) is 10.5. The van der Waals surface area contributed by atoms with Gasteiger partial charge in [-0.3, -0.25) is 14.5 Å². The van der Waals surface area contributed by atoms with Gasteiger partial charge in [0.15, 0.2) is 0 Å². The lowest BCUT2D eigenvalue weighted by molar-refractivity contribution is -0.141. The normalized spacial score (nSPS) is 20.6. The Morgan fingerprint density at radius 2 is 1.90 bits per heavy atom. The molecule has 1 rings (SSSR count). The van der Waals surface area contributed by atoms with Gasteiger partial charge in [-0.15, -0.1) is 0 Å². The Balaban J connectivity index is 2.94. The summed E-state index contributed by atoms with van der Waals surface area (Å²) in [6, 6.07) is -1.17. The van der Waals surface area contributed by atoms with E-state index in [1.807, 2.05) is 34.7 Å². The molecule has 1 saturated heterocycles. The second-order valence-corrected chi connectivity index (χ2v) is 9.06. The molecule has 29 heavy (non-hydrogen) atoms. The van der Waals surface area contributed by atoms with Gasteiger partial charge in [-0.25, -0.2) is 4.79 Å². The van der Waals surface area contributed by atoms with Gasteiger partial charge in [0, 0.05) is 18.7 Å². The molecule has 1 N–H and O–H groups in total. The van der Waals surface area contributed by atoms with Crippen LogP contribution in [0.2, 0.25) is 0 Å². The Morgan fingerprint density at radius 3 is 2.41 bits per heavy atom. The van der Waals surface area contributed by atoms with Crippen molar-refractivity contribution in [2.45, 2.75) is 78.9 Å². The third kappa shape index (κ3) is 7.14. The van der Waals surface area contributed by atoms with Crippen LogP contribution in [0.3, 0.4) is 0 Å². The molecule has 1 unspecified atom stereocenters. The van der Waals surface area contributed by atoms with Crippen LogP contribution >= 0.6 is 0 Å². The van der Waals surface area contributed by atoms with Crippen LogP contribution in [-0.2, 0) is 19.1 Å². The van der Waals surface area contributed by atoms with Crippen LogP contribution in [-0.4, -0.2) is 73.0 Å². The van der Waals surface area contributed by atoms with E-state index < -0.39 is 11.5 Å². The average molecular weight is 410 g/mol. The smallest absolute Gasteiger partial charge is 0.333 e. The first-order valence-electron chi connectivity index (χ1n) is 10.5. The van der Waals surface area contributed by atoms with Gasteiger partial charge in [-0.2, -0.15) is 0 Å². The third-order valence-electron chi connectivity index (χ3n) is 5.52. The van der Waals surface area contributed by atoms with E-state index in [0.717, 1.165) is 25.8 Å². The van der Waals surface area contributed by atoms with Gasteiger partial charge < -0.3 is 15.0 Å². The summed E-state index contributed by atoms with van der Waals surface area (Å²) in [5.41, 5.74) is 0.00704. The van der Waals surface area contributed by atoms with E-state index in [4.69, 9.17) is 4.74 Å². The molecule has 1 aliphatic heterocycles. The van der Waals surface area contributed by atoms with Crippen molar-refractivity contribution < 1.29 is 19.1 Å². The summed E-state index contributed by atoms with van der Waals surface area (Å²) < 4.78 is 5.00. The zero-order chi connectivity index (χ0) is 22.4. The number of carbonyl (C=O) groups is 3. The van der Waals surface area contributed by atoms with Crippen LogP contribution in [0.5, 0.6) is 0 Å². The molecule has 7 nitrogen and oxygen atoms in total. The number of nitrogens with zero attached hydrogens (tertiary/aromatic N) is 2. The van der Waals surface area contributed by atoms with Crippen LogP contribution < -0.4 is 5.32 Å². The first-order chi connectivity index (χ1) is 13.4. The number of rotatable bonds is 7. The molecule has 0 spiro atoms. The Morgan fingerprint density at radius 1 is 1.28 bits per heavy atom. The molecule has 0 aliphatic carbocycles. The highest BCUT2D eigenvalue weighted by Gasteiger charge is 2.38. The second kappa shape index (κ2) is 10.8. The third-order valence-corrected chi connectivity index (χ3v) is 5.52. The van der Waals surface area contributed by atoms with Crippen LogP contribution in [0.1, 0.15) is 60.8 Å². The highest BCUT2D eigenvalue weighted by atomic mass is 16.5. The molecule has 0 aromatic rings. The summed E-state index contributed by atoms with van der Waals surface area (Å²) in [5.74, 6) is -0.661. The molecule has 0 aromatic carbocycles. The van der Waals surface area contributed by atoms with E-state index in [0.29, 0.717) is 12.2 Å². The Kier molecular flexibility index (Phi) is 9.33.